The maximum Gasteiger partial charge on any atom is 0.321 e. The molecule has 0 radical (unpaired) electrons. The summed E-state index contributed by atoms with van der Waals surface area (Å²) in [5, 5.41) is 13.3. The lowest BCUT2D eigenvalue weighted by atomic mass is 10.2. The molecule has 3 N–H and O–H groups in total. The first-order chi connectivity index (χ1) is 5.11. The number of likely N-dealkylation sites (N-methyl/N-ethyl adjacent to an activating group) is 1. The highest BCUT2D eigenvalue weighted by molar-refractivity contribution is 5.84. The number of rotatable bonds is 4. The number of carboxylic acids is 1. The molecule has 0 fully saturated rings. The average Bonchev–Trinajstić information content (AvgIpc) is 1.99. The lowest BCUT2D eigenvalue weighted by Gasteiger charge is -2.08. The van der Waals surface area contributed by atoms with Gasteiger partial charge in [0, 0.05) is 7.05 Å². The third kappa shape index (κ3) is 3.57. The van der Waals surface area contributed by atoms with Crippen LogP contribution < -0.4 is 10.6 Å². The molecule has 0 aliphatic carbocycles. The molecule has 5 heteroatoms. The van der Waals surface area contributed by atoms with E-state index < -0.39 is 12.0 Å². The molecule has 0 rings (SSSR count). The number of nitrogens with one attached hydrogen (secondary N) is 2. The summed E-state index contributed by atoms with van der Waals surface area (Å²) in [6, 6.07) is -0.796. The normalized spacial score (nSPS) is 12.2. The number of hydrogen-bond donors (Lipinski definition) is 3. The highest BCUT2D eigenvalue weighted by atomic mass is 16.4. The first kappa shape index (κ1) is 9.90. The van der Waals surface area contributed by atoms with Crippen LogP contribution in [-0.4, -0.2) is 37.1 Å². The van der Waals surface area contributed by atoms with Crippen LogP contribution in [0.25, 0.3) is 0 Å². The van der Waals surface area contributed by atoms with Crippen molar-refractivity contribution >= 4 is 11.9 Å². The summed E-state index contributed by atoms with van der Waals surface area (Å²) < 4.78 is 0. The number of amides is 1. The Labute approximate surface area is 64.8 Å². The van der Waals surface area contributed by atoms with E-state index in [0.717, 1.165) is 0 Å². The second-order valence-corrected chi connectivity index (χ2v) is 2.06. The van der Waals surface area contributed by atoms with Gasteiger partial charge in [0.15, 0.2) is 0 Å². The second-order valence-electron chi connectivity index (χ2n) is 2.06. The van der Waals surface area contributed by atoms with E-state index in [2.05, 4.69) is 10.6 Å². The Bertz CT molecular complexity index is 158. The first-order valence-electron chi connectivity index (χ1n) is 3.22. The molecule has 0 heterocycles. The maximum absolute atomic E-state index is 10.7. The van der Waals surface area contributed by atoms with E-state index in [9.17, 15) is 9.59 Å². The van der Waals surface area contributed by atoms with Crippen LogP contribution in [0.1, 0.15) is 6.42 Å². The molecule has 0 saturated carbocycles. The van der Waals surface area contributed by atoms with Gasteiger partial charge in [0.25, 0.3) is 0 Å². The number of aliphatic carboxylic acids is 1. The first-order valence-corrected chi connectivity index (χ1v) is 3.22. The molecule has 0 aromatic rings. The molecule has 64 valence electrons. The highest BCUT2D eigenvalue weighted by Gasteiger charge is 2.17. The molecule has 0 aliphatic heterocycles. The van der Waals surface area contributed by atoms with Crippen LogP contribution in [-0.2, 0) is 9.59 Å². The van der Waals surface area contributed by atoms with Gasteiger partial charge in [0.2, 0.25) is 5.91 Å². The minimum atomic E-state index is -1.02. The molecule has 1 atom stereocenters. The van der Waals surface area contributed by atoms with Crippen molar-refractivity contribution in [1.82, 2.24) is 10.6 Å². The Kier molecular flexibility index (Phi) is 4.21. The maximum atomic E-state index is 10.7. The third-order valence-electron chi connectivity index (χ3n) is 1.31. The predicted octanol–water partition coefficient (Wildman–Crippen LogP) is -1.20. The zero-order valence-corrected chi connectivity index (χ0v) is 6.55. The molecule has 0 aromatic heterocycles. The van der Waals surface area contributed by atoms with Gasteiger partial charge in [-0.1, -0.05) is 0 Å². The molecule has 0 spiro atoms. The molecule has 11 heavy (non-hydrogen) atoms. The van der Waals surface area contributed by atoms with Gasteiger partial charge < -0.3 is 15.7 Å². The molecule has 0 aliphatic rings. The quantitative estimate of drug-likeness (QED) is 0.482. The second kappa shape index (κ2) is 4.68. The van der Waals surface area contributed by atoms with E-state index >= 15 is 0 Å². The number of hydrogen-bond acceptors (Lipinski definition) is 3. The number of carbonyl (C=O) groups excluding carboxylic acids is 1. The Balaban J connectivity index is 3.88. The van der Waals surface area contributed by atoms with Gasteiger partial charge in [-0.15, -0.1) is 0 Å². The largest absolute Gasteiger partial charge is 0.480 e. The Morgan fingerprint density at radius 3 is 2.27 bits per heavy atom. The Hall–Kier alpha value is -1.10. The summed E-state index contributed by atoms with van der Waals surface area (Å²) in [5.41, 5.74) is 0. The zero-order valence-electron chi connectivity index (χ0n) is 6.55. The minimum Gasteiger partial charge on any atom is -0.480 e. The van der Waals surface area contributed by atoms with Crippen molar-refractivity contribution in [2.24, 2.45) is 0 Å². The fraction of sp³-hybridized carbons (Fsp3) is 0.667. The Morgan fingerprint density at radius 2 is 2.00 bits per heavy atom. The van der Waals surface area contributed by atoms with Gasteiger partial charge in [-0.25, -0.2) is 0 Å². The van der Waals surface area contributed by atoms with Crippen LogP contribution in [0.15, 0.2) is 0 Å². The van der Waals surface area contributed by atoms with Crippen molar-refractivity contribution in [3.8, 4) is 0 Å². The fourth-order valence-corrected chi connectivity index (χ4v) is 0.600. The van der Waals surface area contributed by atoms with Crippen molar-refractivity contribution in [2.45, 2.75) is 12.5 Å². The fourth-order valence-electron chi connectivity index (χ4n) is 0.600. The summed E-state index contributed by atoms with van der Waals surface area (Å²) >= 11 is 0. The van der Waals surface area contributed by atoms with E-state index in [4.69, 9.17) is 5.11 Å². The van der Waals surface area contributed by atoms with Crippen LogP contribution in [0.2, 0.25) is 0 Å². The van der Waals surface area contributed by atoms with Crippen molar-refractivity contribution in [3.63, 3.8) is 0 Å². The summed E-state index contributed by atoms with van der Waals surface area (Å²) in [6.45, 7) is 0. The van der Waals surface area contributed by atoms with Crippen molar-refractivity contribution in [1.29, 1.82) is 0 Å². The highest BCUT2D eigenvalue weighted by Crippen LogP contribution is 1.90. The van der Waals surface area contributed by atoms with Gasteiger partial charge in [0.1, 0.15) is 6.04 Å². The average molecular weight is 160 g/mol. The van der Waals surface area contributed by atoms with E-state index in [1.54, 1.807) is 0 Å². The standard InChI is InChI=1S/C6H12N2O3/c1-7-4(6(10)11)3-5(9)8-2/h4,7H,3H2,1-2H3,(H,8,9)(H,10,11)/t4-/m0/s1. The van der Waals surface area contributed by atoms with Crippen LogP contribution in [0.3, 0.4) is 0 Å². The van der Waals surface area contributed by atoms with E-state index in [0.29, 0.717) is 0 Å². The summed E-state index contributed by atoms with van der Waals surface area (Å²) in [4.78, 5) is 21.0. The van der Waals surface area contributed by atoms with Crippen LogP contribution in [0.4, 0.5) is 0 Å². The molecule has 1 amide bonds. The van der Waals surface area contributed by atoms with Crippen molar-refractivity contribution in [3.05, 3.63) is 0 Å². The lowest BCUT2D eigenvalue weighted by Crippen LogP contribution is -2.38. The lowest BCUT2D eigenvalue weighted by molar-refractivity contribution is -0.141. The molecular formula is C6H12N2O3. The van der Waals surface area contributed by atoms with E-state index in [1.165, 1.54) is 14.1 Å². The summed E-state index contributed by atoms with van der Waals surface area (Å²) in [7, 11) is 2.97. The predicted molar refractivity (Wildman–Crippen MR) is 39.2 cm³/mol. The van der Waals surface area contributed by atoms with Crippen molar-refractivity contribution in [2.75, 3.05) is 14.1 Å². The zero-order chi connectivity index (χ0) is 8.85. The molecule has 0 saturated heterocycles. The van der Waals surface area contributed by atoms with Gasteiger partial charge >= 0.3 is 5.97 Å². The summed E-state index contributed by atoms with van der Waals surface area (Å²) in [5.74, 6) is -1.30. The topological polar surface area (TPSA) is 78.4 Å². The number of carboxylic acid groups (broad SMARTS) is 1. The smallest absolute Gasteiger partial charge is 0.321 e. The van der Waals surface area contributed by atoms with Gasteiger partial charge in [-0.05, 0) is 7.05 Å². The molecule has 0 unspecified atom stereocenters. The minimum absolute atomic E-state index is 0.0394. The molecule has 0 bridgehead atoms. The SMILES string of the molecule is CNC(=O)C[C@H](NC)C(=O)O. The van der Waals surface area contributed by atoms with Crippen molar-refractivity contribution < 1.29 is 14.7 Å². The van der Waals surface area contributed by atoms with E-state index in [1.807, 2.05) is 0 Å². The monoisotopic (exact) mass is 160 g/mol. The van der Waals surface area contributed by atoms with Crippen LogP contribution >= 0.6 is 0 Å². The number of carbonyl (C=O) groups is 2. The third-order valence-corrected chi connectivity index (χ3v) is 1.31. The van der Waals surface area contributed by atoms with Gasteiger partial charge in [-0.3, -0.25) is 9.59 Å². The van der Waals surface area contributed by atoms with Crippen LogP contribution in [0.5, 0.6) is 0 Å². The van der Waals surface area contributed by atoms with Gasteiger partial charge in [0.05, 0.1) is 6.42 Å². The summed E-state index contributed by atoms with van der Waals surface area (Å²) in [6.07, 6.45) is -0.0394. The molecule has 0 aromatic carbocycles. The molecule has 5 nitrogen and oxygen atoms in total. The van der Waals surface area contributed by atoms with Gasteiger partial charge in [-0.2, -0.15) is 0 Å². The van der Waals surface area contributed by atoms with Crippen LogP contribution in [0, 0.1) is 0 Å². The Morgan fingerprint density at radius 1 is 1.45 bits per heavy atom. The molecular weight excluding hydrogens is 148 g/mol. The van der Waals surface area contributed by atoms with E-state index in [-0.39, 0.29) is 12.3 Å².